The van der Waals surface area contributed by atoms with E-state index >= 15 is 0 Å². The van der Waals surface area contributed by atoms with Crippen LogP contribution in [0.1, 0.15) is 29.9 Å². The SMILES string of the molecule is Cc1nn(-c2ccccc2)c(C)c1[C@@H](C)N. The molecule has 0 aliphatic rings. The summed E-state index contributed by atoms with van der Waals surface area (Å²) in [6, 6.07) is 10.1. The number of para-hydroxylation sites is 1. The van der Waals surface area contributed by atoms with Crippen LogP contribution in [0.4, 0.5) is 0 Å². The molecular formula is C13H17N3. The molecule has 3 nitrogen and oxygen atoms in total. The number of benzene rings is 1. The zero-order valence-electron chi connectivity index (χ0n) is 9.94. The van der Waals surface area contributed by atoms with Crippen molar-refractivity contribution in [1.82, 2.24) is 9.78 Å². The van der Waals surface area contributed by atoms with Crippen LogP contribution in [0, 0.1) is 13.8 Å². The fraction of sp³-hybridized carbons (Fsp3) is 0.308. The van der Waals surface area contributed by atoms with Gasteiger partial charge in [0.15, 0.2) is 0 Å². The maximum Gasteiger partial charge on any atom is 0.0648 e. The Bertz CT molecular complexity index is 483. The lowest BCUT2D eigenvalue weighted by molar-refractivity contribution is 0.795. The Balaban J connectivity index is 2.56. The van der Waals surface area contributed by atoms with Crippen LogP contribution in [-0.2, 0) is 0 Å². The first-order chi connectivity index (χ1) is 7.61. The molecule has 0 fully saturated rings. The van der Waals surface area contributed by atoms with Gasteiger partial charge in [-0.3, -0.25) is 0 Å². The minimum absolute atomic E-state index is 0.0254. The van der Waals surface area contributed by atoms with Crippen molar-refractivity contribution in [1.29, 1.82) is 0 Å². The molecule has 0 spiro atoms. The van der Waals surface area contributed by atoms with Crippen molar-refractivity contribution in [2.75, 3.05) is 0 Å². The highest BCUT2D eigenvalue weighted by Gasteiger charge is 2.15. The highest BCUT2D eigenvalue weighted by molar-refractivity contribution is 5.37. The highest BCUT2D eigenvalue weighted by Crippen LogP contribution is 2.22. The lowest BCUT2D eigenvalue weighted by Gasteiger charge is -2.07. The summed E-state index contributed by atoms with van der Waals surface area (Å²) in [5.74, 6) is 0. The molecule has 0 aliphatic carbocycles. The van der Waals surface area contributed by atoms with E-state index in [0.29, 0.717) is 0 Å². The van der Waals surface area contributed by atoms with Crippen molar-refractivity contribution in [3.63, 3.8) is 0 Å². The molecule has 1 aromatic heterocycles. The van der Waals surface area contributed by atoms with Gasteiger partial charge in [0.05, 0.1) is 11.4 Å². The molecule has 1 atom stereocenters. The molecule has 0 unspecified atom stereocenters. The topological polar surface area (TPSA) is 43.8 Å². The van der Waals surface area contributed by atoms with Crippen LogP contribution in [0.3, 0.4) is 0 Å². The van der Waals surface area contributed by atoms with Crippen LogP contribution < -0.4 is 5.73 Å². The van der Waals surface area contributed by atoms with Gasteiger partial charge in [-0.15, -0.1) is 0 Å². The average Bonchev–Trinajstić information content (AvgIpc) is 2.55. The summed E-state index contributed by atoms with van der Waals surface area (Å²) >= 11 is 0. The maximum atomic E-state index is 5.95. The van der Waals surface area contributed by atoms with Crippen LogP contribution in [0.5, 0.6) is 0 Å². The van der Waals surface area contributed by atoms with Gasteiger partial charge in [-0.1, -0.05) is 18.2 Å². The Hall–Kier alpha value is -1.61. The summed E-state index contributed by atoms with van der Waals surface area (Å²) in [7, 11) is 0. The van der Waals surface area contributed by atoms with Crippen molar-refractivity contribution in [2.45, 2.75) is 26.8 Å². The summed E-state index contributed by atoms with van der Waals surface area (Å²) in [4.78, 5) is 0. The summed E-state index contributed by atoms with van der Waals surface area (Å²) in [5, 5.41) is 4.54. The van der Waals surface area contributed by atoms with E-state index in [2.05, 4.69) is 12.0 Å². The minimum Gasteiger partial charge on any atom is -0.324 e. The largest absolute Gasteiger partial charge is 0.324 e. The monoisotopic (exact) mass is 215 g/mol. The molecule has 0 aliphatic heterocycles. The molecule has 84 valence electrons. The number of rotatable bonds is 2. The van der Waals surface area contributed by atoms with Crippen molar-refractivity contribution < 1.29 is 0 Å². The predicted octanol–water partition coefficient (Wildman–Crippen LogP) is 2.51. The van der Waals surface area contributed by atoms with E-state index < -0.39 is 0 Å². The van der Waals surface area contributed by atoms with Crippen molar-refractivity contribution in [3.05, 3.63) is 47.3 Å². The lowest BCUT2D eigenvalue weighted by atomic mass is 10.1. The number of nitrogens with zero attached hydrogens (tertiary/aromatic N) is 2. The maximum absolute atomic E-state index is 5.95. The number of hydrogen-bond acceptors (Lipinski definition) is 2. The molecule has 0 saturated carbocycles. The fourth-order valence-corrected chi connectivity index (χ4v) is 2.13. The molecule has 1 heterocycles. The number of aromatic nitrogens is 2. The van der Waals surface area contributed by atoms with Gasteiger partial charge in [0.2, 0.25) is 0 Å². The third kappa shape index (κ3) is 1.74. The Morgan fingerprint density at radius 1 is 1.19 bits per heavy atom. The molecule has 2 N–H and O–H groups in total. The van der Waals surface area contributed by atoms with Gasteiger partial charge in [-0.25, -0.2) is 4.68 Å². The molecule has 0 saturated heterocycles. The van der Waals surface area contributed by atoms with E-state index in [1.807, 2.05) is 48.9 Å². The Kier molecular flexibility index (Phi) is 2.79. The second-order valence-electron chi connectivity index (χ2n) is 4.12. The zero-order chi connectivity index (χ0) is 11.7. The van der Waals surface area contributed by atoms with Gasteiger partial charge in [-0.2, -0.15) is 5.10 Å². The van der Waals surface area contributed by atoms with Gasteiger partial charge < -0.3 is 5.73 Å². The molecule has 0 radical (unpaired) electrons. The Morgan fingerprint density at radius 2 is 1.81 bits per heavy atom. The molecule has 0 amide bonds. The number of hydrogen-bond donors (Lipinski definition) is 1. The first-order valence-corrected chi connectivity index (χ1v) is 5.48. The first-order valence-electron chi connectivity index (χ1n) is 5.48. The van der Waals surface area contributed by atoms with Crippen molar-refractivity contribution >= 4 is 0 Å². The van der Waals surface area contributed by atoms with E-state index in [0.717, 1.165) is 22.6 Å². The van der Waals surface area contributed by atoms with Crippen LogP contribution in [0.2, 0.25) is 0 Å². The molecule has 2 aromatic rings. The van der Waals surface area contributed by atoms with E-state index in [9.17, 15) is 0 Å². The second-order valence-corrected chi connectivity index (χ2v) is 4.12. The van der Waals surface area contributed by atoms with Crippen molar-refractivity contribution in [3.8, 4) is 5.69 Å². The van der Waals surface area contributed by atoms with Crippen molar-refractivity contribution in [2.24, 2.45) is 5.73 Å². The summed E-state index contributed by atoms with van der Waals surface area (Å²) in [6.07, 6.45) is 0. The molecular weight excluding hydrogens is 198 g/mol. The quantitative estimate of drug-likeness (QED) is 0.836. The summed E-state index contributed by atoms with van der Waals surface area (Å²) < 4.78 is 1.95. The third-order valence-corrected chi connectivity index (χ3v) is 2.80. The smallest absolute Gasteiger partial charge is 0.0648 e. The van der Waals surface area contributed by atoms with Crippen LogP contribution in [0.15, 0.2) is 30.3 Å². The highest BCUT2D eigenvalue weighted by atomic mass is 15.3. The molecule has 0 bridgehead atoms. The Labute approximate surface area is 95.9 Å². The zero-order valence-corrected chi connectivity index (χ0v) is 9.94. The van der Waals surface area contributed by atoms with Gasteiger partial charge >= 0.3 is 0 Å². The second kappa shape index (κ2) is 4.10. The Morgan fingerprint density at radius 3 is 2.31 bits per heavy atom. The number of aryl methyl sites for hydroxylation is 1. The lowest BCUT2D eigenvalue weighted by Crippen LogP contribution is -2.07. The van der Waals surface area contributed by atoms with E-state index in [4.69, 9.17) is 5.73 Å². The van der Waals surface area contributed by atoms with Crippen LogP contribution in [0.25, 0.3) is 5.69 Å². The van der Waals surface area contributed by atoms with Crippen LogP contribution >= 0.6 is 0 Å². The summed E-state index contributed by atoms with van der Waals surface area (Å²) in [6.45, 7) is 6.06. The standard InChI is InChI=1S/C13H17N3/c1-9(14)13-10(2)15-16(11(13)3)12-7-5-4-6-8-12/h4-9H,14H2,1-3H3/t9-/m1/s1. The van der Waals surface area contributed by atoms with Gasteiger partial charge in [-0.05, 0) is 32.9 Å². The van der Waals surface area contributed by atoms with E-state index in [1.54, 1.807) is 0 Å². The molecule has 2 rings (SSSR count). The minimum atomic E-state index is 0.0254. The average molecular weight is 215 g/mol. The molecule has 16 heavy (non-hydrogen) atoms. The molecule has 1 aromatic carbocycles. The van der Waals surface area contributed by atoms with Gasteiger partial charge in [0.25, 0.3) is 0 Å². The predicted molar refractivity (Wildman–Crippen MR) is 65.6 cm³/mol. The van der Waals surface area contributed by atoms with Crippen LogP contribution in [-0.4, -0.2) is 9.78 Å². The first kappa shape index (κ1) is 10.9. The third-order valence-electron chi connectivity index (χ3n) is 2.80. The normalized spacial score (nSPS) is 12.8. The summed E-state index contributed by atoms with van der Waals surface area (Å²) in [5.41, 5.74) is 10.3. The molecule has 3 heteroatoms. The van der Waals surface area contributed by atoms with Gasteiger partial charge in [0.1, 0.15) is 0 Å². The van der Waals surface area contributed by atoms with E-state index in [1.165, 1.54) is 0 Å². The fourth-order valence-electron chi connectivity index (χ4n) is 2.13. The van der Waals surface area contributed by atoms with E-state index in [-0.39, 0.29) is 6.04 Å². The van der Waals surface area contributed by atoms with Gasteiger partial charge in [0, 0.05) is 17.3 Å². The number of nitrogens with two attached hydrogens (primary N) is 1.